The number of pyridine rings is 1. The molecule has 3 heterocycles. The van der Waals surface area contributed by atoms with Crippen molar-refractivity contribution in [3.8, 4) is 0 Å². The lowest BCUT2D eigenvalue weighted by Gasteiger charge is -2.38. The number of amides is 1. The maximum absolute atomic E-state index is 12.7. The van der Waals surface area contributed by atoms with Crippen molar-refractivity contribution in [2.24, 2.45) is 10.1 Å². The number of hydrogen-bond donors (Lipinski definition) is 2. The molecular formula is C21H23N7O2. The van der Waals surface area contributed by atoms with Crippen LogP contribution < -0.4 is 15.6 Å². The van der Waals surface area contributed by atoms with Crippen LogP contribution in [-0.2, 0) is 4.74 Å². The van der Waals surface area contributed by atoms with Gasteiger partial charge in [0.15, 0.2) is 5.84 Å². The van der Waals surface area contributed by atoms with Crippen LogP contribution in [0.1, 0.15) is 10.4 Å². The van der Waals surface area contributed by atoms with E-state index >= 15 is 0 Å². The maximum Gasteiger partial charge on any atom is 0.258 e. The molecule has 154 valence electrons. The summed E-state index contributed by atoms with van der Waals surface area (Å²) in [6, 6.07) is 11.2. The van der Waals surface area contributed by atoms with Crippen LogP contribution in [0.25, 0.3) is 0 Å². The summed E-state index contributed by atoms with van der Waals surface area (Å²) in [5, 5.41) is 8.73. The minimum absolute atomic E-state index is 0.244. The molecular weight excluding hydrogens is 382 g/mol. The van der Waals surface area contributed by atoms with Gasteiger partial charge in [-0.25, -0.2) is 10.1 Å². The molecule has 1 amide bonds. The summed E-state index contributed by atoms with van der Waals surface area (Å²) >= 11 is 0. The van der Waals surface area contributed by atoms with Crippen LogP contribution in [0.4, 0.5) is 17.2 Å². The van der Waals surface area contributed by atoms with Gasteiger partial charge in [-0.2, -0.15) is 0 Å². The highest BCUT2D eigenvalue weighted by Crippen LogP contribution is 2.24. The third-order valence-electron chi connectivity index (χ3n) is 4.75. The van der Waals surface area contributed by atoms with Gasteiger partial charge in [0.1, 0.15) is 5.82 Å². The molecule has 0 radical (unpaired) electrons. The first-order chi connectivity index (χ1) is 14.6. The summed E-state index contributed by atoms with van der Waals surface area (Å²) in [5.41, 5.74) is 5.18. The predicted molar refractivity (Wildman–Crippen MR) is 117 cm³/mol. The van der Waals surface area contributed by atoms with Gasteiger partial charge in [0, 0.05) is 39.7 Å². The Bertz CT molecular complexity index is 995. The molecule has 0 unspecified atom stereocenters. The zero-order valence-electron chi connectivity index (χ0n) is 16.8. The smallest absolute Gasteiger partial charge is 0.258 e. The molecule has 2 aromatic rings. The fourth-order valence-corrected chi connectivity index (χ4v) is 3.07. The average molecular weight is 405 g/mol. The van der Waals surface area contributed by atoms with Gasteiger partial charge >= 0.3 is 0 Å². The number of ether oxygens (including phenoxy) is 1. The number of hydrazone groups is 1. The third kappa shape index (κ3) is 4.47. The number of aliphatic imine (C=N–C) groups is 1. The van der Waals surface area contributed by atoms with E-state index in [-0.39, 0.29) is 12.0 Å². The summed E-state index contributed by atoms with van der Waals surface area (Å²) in [6.07, 6.45) is 6.87. The summed E-state index contributed by atoms with van der Waals surface area (Å²) in [7, 11) is 3.45. The summed E-state index contributed by atoms with van der Waals surface area (Å²) < 4.78 is 5.28. The molecule has 9 heteroatoms. The van der Waals surface area contributed by atoms with Crippen LogP contribution in [0.3, 0.4) is 0 Å². The van der Waals surface area contributed by atoms with Crippen molar-refractivity contribution in [3.63, 3.8) is 0 Å². The third-order valence-corrected chi connectivity index (χ3v) is 4.75. The van der Waals surface area contributed by atoms with Gasteiger partial charge in [0.05, 0.1) is 23.0 Å². The van der Waals surface area contributed by atoms with Crippen molar-refractivity contribution in [1.82, 2.24) is 15.4 Å². The molecule has 9 nitrogen and oxygen atoms in total. The van der Waals surface area contributed by atoms with Crippen molar-refractivity contribution in [2.75, 3.05) is 37.6 Å². The fraction of sp³-hybridized carbons (Fsp3) is 0.238. The Morgan fingerprint density at radius 1 is 1.23 bits per heavy atom. The fourth-order valence-electron chi connectivity index (χ4n) is 3.07. The Morgan fingerprint density at radius 2 is 2.07 bits per heavy atom. The number of para-hydroxylation sites is 2. The molecule has 30 heavy (non-hydrogen) atoms. The summed E-state index contributed by atoms with van der Waals surface area (Å²) in [4.78, 5) is 23.6. The molecule has 0 spiro atoms. The highest BCUT2D eigenvalue weighted by molar-refractivity contribution is 6.11. The van der Waals surface area contributed by atoms with Gasteiger partial charge in [0.2, 0.25) is 0 Å². The number of hydrazine groups is 1. The lowest BCUT2D eigenvalue weighted by atomic mass is 10.1. The molecule has 0 aliphatic carbocycles. The Hall–Kier alpha value is -3.72. The molecule has 2 aliphatic heterocycles. The zero-order valence-corrected chi connectivity index (χ0v) is 16.8. The lowest BCUT2D eigenvalue weighted by Crippen LogP contribution is -2.52. The predicted octanol–water partition coefficient (Wildman–Crippen LogP) is 2.19. The van der Waals surface area contributed by atoms with E-state index in [9.17, 15) is 4.79 Å². The molecule has 1 aromatic carbocycles. The lowest BCUT2D eigenvalue weighted by molar-refractivity contribution is 0.0783. The van der Waals surface area contributed by atoms with Crippen LogP contribution >= 0.6 is 0 Å². The number of nitrogens with one attached hydrogen (secondary N) is 2. The van der Waals surface area contributed by atoms with Gasteiger partial charge in [-0.1, -0.05) is 12.1 Å². The van der Waals surface area contributed by atoms with Crippen molar-refractivity contribution < 1.29 is 9.53 Å². The molecule has 4 rings (SSSR count). The number of anilines is 2. The SMILES string of the molecule is COC1CN(c2ccc(C(=O)NC3=N/N(C)Nc4ccccc4N=C\C=C\3)cn2)C1. The second-order valence-corrected chi connectivity index (χ2v) is 6.90. The second-order valence-electron chi connectivity index (χ2n) is 6.90. The van der Waals surface area contributed by atoms with Gasteiger partial charge in [0.25, 0.3) is 5.91 Å². The van der Waals surface area contributed by atoms with Crippen molar-refractivity contribution in [2.45, 2.75) is 6.10 Å². The normalized spacial score (nSPS) is 19.1. The van der Waals surface area contributed by atoms with Gasteiger partial charge in [-0.3, -0.25) is 15.2 Å². The number of benzene rings is 1. The first kappa shape index (κ1) is 19.6. The van der Waals surface area contributed by atoms with Gasteiger partial charge in [-0.05, 0) is 36.4 Å². The summed E-state index contributed by atoms with van der Waals surface area (Å²) in [5.74, 6) is 0.906. The van der Waals surface area contributed by atoms with E-state index in [4.69, 9.17) is 4.74 Å². The molecule has 0 bridgehead atoms. The Labute approximate surface area is 174 Å². The molecule has 2 N–H and O–H groups in total. The number of allylic oxidation sites excluding steroid dienone is 1. The van der Waals surface area contributed by atoms with E-state index in [1.807, 2.05) is 30.3 Å². The van der Waals surface area contributed by atoms with E-state index in [0.717, 1.165) is 30.3 Å². The van der Waals surface area contributed by atoms with Crippen molar-refractivity contribution in [3.05, 3.63) is 60.3 Å². The topological polar surface area (TPSA) is 94.5 Å². The van der Waals surface area contributed by atoms with E-state index in [0.29, 0.717) is 11.4 Å². The average Bonchev–Trinajstić information content (AvgIpc) is 2.71. The van der Waals surface area contributed by atoms with E-state index in [2.05, 4.69) is 30.7 Å². The Morgan fingerprint density at radius 3 is 2.83 bits per heavy atom. The molecule has 0 atom stereocenters. The minimum Gasteiger partial charge on any atom is -0.378 e. The molecule has 1 saturated heterocycles. The Balaban J connectivity index is 1.44. The van der Waals surface area contributed by atoms with E-state index in [1.165, 1.54) is 5.12 Å². The zero-order chi connectivity index (χ0) is 20.9. The number of hydrogen-bond acceptors (Lipinski definition) is 8. The highest BCUT2D eigenvalue weighted by atomic mass is 16.5. The van der Waals surface area contributed by atoms with Crippen LogP contribution in [0.2, 0.25) is 0 Å². The van der Waals surface area contributed by atoms with Crippen molar-refractivity contribution in [1.29, 1.82) is 0 Å². The van der Waals surface area contributed by atoms with E-state index < -0.39 is 0 Å². The maximum atomic E-state index is 12.7. The number of fused-ring (bicyclic) bond motifs is 1. The van der Waals surface area contributed by atoms with Crippen LogP contribution in [0.15, 0.2) is 64.8 Å². The number of carbonyl (C=O) groups excluding carboxylic acids is 1. The standard InChI is InChI=1S/C21H23N7O2/c1-27-25-18-7-4-3-6-17(18)22-11-5-8-19(26-27)24-21(29)15-9-10-20(23-12-15)28-13-16(14-28)30-2/h3-12,16,25H,13-14H2,1-2H3,(H,24,26,29)/b8-5+,22-11?. The number of aromatic nitrogens is 1. The van der Waals surface area contributed by atoms with Crippen LogP contribution in [-0.4, -0.2) is 61.4 Å². The number of carbonyl (C=O) groups is 1. The monoisotopic (exact) mass is 405 g/mol. The molecule has 2 aliphatic rings. The number of amidine groups is 1. The molecule has 1 fully saturated rings. The first-order valence-corrected chi connectivity index (χ1v) is 9.56. The summed E-state index contributed by atoms with van der Waals surface area (Å²) in [6.45, 7) is 1.61. The number of methoxy groups -OCH3 is 1. The molecule has 0 saturated carbocycles. The highest BCUT2D eigenvalue weighted by Gasteiger charge is 2.27. The number of nitrogens with zero attached hydrogens (tertiary/aromatic N) is 5. The largest absolute Gasteiger partial charge is 0.378 e. The van der Waals surface area contributed by atoms with Crippen LogP contribution in [0, 0.1) is 0 Å². The van der Waals surface area contributed by atoms with Crippen molar-refractivity contribution >= 4 is 35.2 Å². The molecule has 1 aromatic heterocycles. The van der Waals surface area contributed by atoms with Gasteiger partial charge < -0.3 is 15.0 Å². The number of rotatable bonds is 3. The second kappa shape index (κ2) is 8.75. The van der Waals surface area contributed by atoms with Crippen LogP contribution in [0.5, 0.6) is 0 Å². The first-order valence-electron chi connectivity index (χ1n) is 9.56. The van der Waals surface area contributed by atoms with E-state index in [1.54, 1.807) is 44.8 Å². The van der Waals surface area contributed by atoms with Gasteiger partial charge in [-0.15, -0.1) is 5.10 Å². The minimum atomic E-state index is -0.293. The quantitative estimate of drug-likeness (QED) is 0.813. The Kier molecular flexibility index (Phi) is 5.71.